The number of aliphatic hydroxyl groups is 1. The number of carbonyl (C=O) groups is 1. The van der Waals surface area contributed by atoms with Crippen molar-refractivity contribution in [3.8, 4) is 0 Å². The van der Waals surface area contributed by atoms with Crippen molar-refractivity contribution in [3.63, 3.8) is 0 Å². The van der Waals surface area contributed by atoms with Crippen LogP contribution in [-0.4, -0.2) is 47.3 Å². The first-order valence-electron chi connectivity index (χ1n) is 6.12. The first-order valence-corrected chi connectivity index (χ1v) is 6.12. The zero-order valence-corrected chi connectivity index (χ0v) is 10.5. The van der Waals surface area contributed by atoms with Crippen molar-refractivity contribution in [2.45, 2.75) is 25.5 Å². The molecule has 5 heteroatoms. The molecule has 0 bridgehead atoms. The predicted octanol–water partition coefficient (Wildman–Crippen LogP) is 0.825. The minimum Gasteiger partial charge on any atom is -0.464 e. The van der Waals surface area contributed by atoms with Crippen LogP contribution < -0.4 is 0 Å². The van der Waals surface area contributed by atoms with E-state index in [1.165, 1.54) is 7.11 Å². The summed E-state index contributed by atoms with van der Waals surface area (Å²) in [6.07, 6.45) is 3.21. The Morgan fingerprint density at radius 1 is 1.50 bits per heavy atom. The Bertz CT molecular complexity index is 397. The van der Waals surface area contributed by atoms with E-state index in [1.54, 1.807) is 12.3 Å². The number of carbonyl (C=O) groups excluding carboxylic acids is 1. The molecule has 1 N–H and O–H groups in total. The monoisotopic (exact) mass is 250 g/mol. The Morgan fingerprint density at radius 3 is 2.78 bits per heavy atom. The number of pyridine rings is 1. The average molecular weight is 250 g/mol. The van der Waals surface area contributed by atoms with E-state index < -0.39 is 5.97 Å². The van der Waals surface area contributed by atoms with Gasteiger partial charge in [0.05, 0.1) is 13.2 Å². The summed E-state index contributed by atoms with van der Waals surface area (Å²) >= 11 is 0. The number of rotatable bonds is 3. The topological polar surface area (TPSA) is 62.7 Å². The summed E-state index contributed by atoms with van der Waals surface area (Å²) in [5.74, 6) is -0.414. The fourth-order valence-corrected chi connectivity index (χ4v) is 2.08. The number of hydrogen-bond donors (Lipinski definition) is 1. The predicted molar refractivity (Wildman–Crippen MR) is 66.1 cm³/mol. The lowest BCUT2D eigenvalue weighted by Gasteiger charge is -2.29. The molecule has 0 radical (unpaired) electrons. The zero-order chi connectivity index (χ0) is 13.0. The normalized spacial score (nSPS) is 17.7. The first kappa shape index (κ1) is 13.0. The second-order valence-corrected chi connectivity index (χ2v) is 4.55. The molecule has 1 aromatic heterocycles. The van der Waals surface area contributed by atoms with E-state index in [9.17, 15) is 9.90 Å². The van der Waals surface area contributed by atoms with Crippen LogP contribution in [0.3, 0.4) is 0 Å². The number of likely N-dealkylation sites (tertiary alicyclic amines) is 1. The maximum atomic E-state index is 11.2. The molecule has 0 unspecified atom stereocenters. The van der Waals surface area contributed by atoms with E-state index in [-0.39, 0.29) is 6.10 Å². The van der Waals surface area contributed by atoms with Gasteiger partial charge in [0, 0.05) is 25.8 Å². The van der Waals surface area contributed by atoms with E-state index in [2.05, 4.69) is 14.6 Å². The molecule has 1 aliphatic rings. The maximum Gasteiger partial charge on any atom is 0.356 e. The van der Waals surface area contributed by atoms with Crippen molar-refractivity contribution in [2.75, 3.05) is 20.2 Å². The molecule has 0 amide bonds. The lowest BCUT2D eigenvalue weighted by atomic mass is 10.1. The Hall–Kier alpha value is -1.46. The first-order chi connectivity index (χ1) is 8.69. The van der Waals surface area contributed by atoms with Gasteiger partial charge in [0.2, 0.25) is 0 Å². The highest BCUT2D eigenvalue weighted by Gasteiger charge is 2.17. The van der Waals surface area contributed by atoms with E-state index in [0.717, 1.165) is 38.0 Å². The van der Waals surface area contributed by atoms with Crippen LogP contribution in [0.4, 0.5) is 0 Å². The number of ether oxygens (including phenoxy) is 1. The summed E-state index contributed by atoms with van der Waals surface area (Å²) in [5, 5.41) is 9.43. The van der Waals surface area contributed by atoms with Crippen molar-refractivity contribution < 1.29 is 14.6 Å². The highest BCUT2D eigenvalue weighted by molar-refractivity contribution is 5.86. The van der Waals surface area contributed by atoms with Crippen LogP contribution in [-0.2, 0) is 11.3 Å². The van der Waals surface area contributed by atoms with Gasteiger partial charge in [-0.2, -0.15) is 0 Å². The van der Waals surface area contributed by atoms with Gasteiger partial charge in [-0.3, -0.25) is 4.90 Å². The van der Waals surface area contributed by atoms with E-state index in [0.29, 0.717) is 5.69 Å². The number of methoxy groups -OCH3 is 1. The van der Waals surface area contributed by atoms with Crippen molar-refractivity contribution in [1.82, 2.24) is 9.88 Å². The third kappa shape index (κ3) is 3.27. The van der Waals surface area contributed by atoms with Gasteiger partial charge in [-0.25, -0.2) is 9.78 Å². The second kappa shape index (κ2) is 5.93. The van der Waals surface area contributed by atoms with Crippen LogP contribution in [0.1, 0.15) is 28.9 Å². The lowest BCUT2D eigenvalue weighted by Crippen LogP contribution is -2.35. The standard InChI is InChI=1S/C13H18N2O3/c1-18-13(17)12-3-2-10(8-14-12)9-15-6-4-11(16)5-7-15/h2-3,8,11,16H,4-7,9H2,1H3. The second-order valence-electron chi connectivity index (χ2n) is 4.55. The molecule has 0 atom stereocenters. The molecule has 0 spiro atoms. The van der Waals surface area contributed by atoms with Gasteiger partial charge in [-0.1, -0.05) is 6.07 Å². The number of esters is 1. The van der Waals surface area contributed by atoms with E-state index in [4.69, 9.17) is 0 Å². The third-order valence-electron chi connectivity index (χ3n) is 3.18. The fourth-order valence-electron chi connectivity index (χ4n) is 2.08. The number of hydrogen-bond acceptors (Lipinski definition) is 5. The molecule has 1 fully saturated rings. The zero-order valence-electron chi connectivity index (χ0n) is 10.5. The van der Waals surface area contributed by atoms with Crippen LogP contribution in [0.2, 0.25) is 0 Å². The molecule has 1 aliphatic heterocycles. The smallest absolute Gasteiger partial charge is 0.356 e. The summed E-state index contributed by atoms with van der Waals surface area (Å²) in [5.41, 5.74) is 1.40. The molecule has 2 heterocycles. The Kier molecular flexibility index (Phi) is 4.28. The Morgan fingerprint density at radius 2 is 2.22 bits per heavy atom. The fraction of sp³-hybridized carbons (Fsp3) is 0.538. The molecule has 0 aliphatic carbocycles. The highest BCUT2D eigenvalue weighted by Crippen LogP contribution is 2.13. The largest absolute Gasteiger partial charge is 0.464 e. The molecular weight excluding hydrogens is 232 g/mol. The quantitative estimate of drug-likeness (QED) is 0.805. The van der Waals surface area contributed by atoms with Gasteiger partial charge in [0.1, 0.15) is 5.69 Å². The van der Waals surface area contributed by atoms with Crippen LogP contribution in [0.25, 0.3) is 0 Å². The summed E-state index contributed by atoms with van der Waals surface area (Å²) in [6, 6.07) is 3.57. The van der Waals surface area contributed by atoms with E-state index >= 15 is 0 Å². The number of aliphatic hydroxyl groups excluding tert-OH is 1. The number of nitrogens with zero attached hydrogens (tertiary/aromatic N) is 2. The third-order valence-corrected chi connectivity index (χ3v) is 3.18. The molecule has 98 valence electrons. The van der Waals surface area contributed by atoms with Gasteiger partial charge in [0.25, 0.3) is 0 Å². The van der Waals surface area contributed by atoms with Gasteiger partial charge in [0.15, 0.2) is 0 Å². The van der Waals surface area contributed by atoms with Crippen molar-refractivity contribution in [1.29, 1.82) is 0 Å². The molecule has 0 aromatic carbocycles. The number of aromatic nitrogens is 1. The highest BCUT2D eigenvalue weighted by atomic mass is 16.5. The minimum absolute atomic E-state index is 0.152. The maximum absolute atomic E-state index is 11.2. The van der Waals surface area contributed by atoms with Crippen LogP contribution >= 0.6 is 0 Å². The molecule has 0 saturated carbocycles. The van der Waals surface area contributed by atoms with Crippen LogP contribution in [0.5, 0.6) is 0 Å². The van der Waals surface area contributed by atoms with Crippen LogP contribution in [0, 0.1) is 0 Å². The summed E-state index contributed by atoms with van der Waals surface area (Å²) in [4.78, 5) is 17.6. The molecule has 18 heavy (non-hydrogen) atoms. The molecule has 2 rings (SSSR count). The Balaban J connectivity index is 1.92. The minimum atomic E-state index is -0.414. The molecule has 5 nitrogen and oxygen atoms in total. The van der Waals surface area contributed by atoms with Crippen LogP contribution in [0.15, 0.2) is 18.3 Å². The van der Waals surface area contributed by atoms with E-state index in [1.807, 2.05) is 6.07 Å². The molecule has 1 saturated heterocycles. The summed E-state index contributed by atoms with van der Waals surface area (Å²) < 4.78 is 4.60. The average Bonchev–Trinajstić information content (AvgIpc) is 2.41. The molecule has 1 aromatic rings. The van der Waals surface area contributed by atoms with Gasteiger partial charge >= 0.3 is 5.97 Å². The summed E-state index contributed by atoms with van der Waals surface area (Å²) in [6.45, 7) is 2.61. The van der Waals surface area contributed by atoms with Gasteiger partial charge in [-0.05, 0) is 24.5 Å². The SMILES string of the molecule is COC(=O)c1ccc(CN2CCC(O)CC2)cn1. The van der Waals surface area contributed by atoms with Crippen molar-refractivity contribution >= 4 is 5.97 Å². The number of piperidine rings is 1. The van der Waals surface area contributed by atoms with Crippen molar-refractivity contribution in [2.24, 2.45) is 0 Å². The molecular formula is C13H18N2O3. The van der Waals surface area contributed by atoms with Gasteiger partial charge in [-0.15, -0.1) is 0 Å². The lowest BCUT2D eigenvalue weighted by molar-refractivity contribution is 0.0593. The van der Waals surface area contributed by atoms with Gasteiger partial charge < -0.3 is 9.84 Å². The van der Waals surface area contributed by atoms with Crippen molar-refractivity contribution in [3.05, 3.63) is 29.6 Å². The Labute approximate surface area is 106 Å². The summed E-state index contributed by atoms with van der Waals surface area (Å²) in [7, 11) is 1.34.